The minimum atomic E-state index is -0.191. The van der Waals surface area contributed by atoms with Gasteiger partial charge in [0.2, 0.25) is 0 Å². The summed E-state index contributed by atoms with van der Waals surface area (Å²) in [5.74, 6) is -0.145. The first-order valence-corrected chi connectivity index (χ1v) is 9.25. The third-order valence-electron chi connectivity index (χ3n) is 4.81. The Bertz CT molecular complexity index is 898. The molecule has 0 radical (unpaired) electrons. The van der Waals surface area contributed by atoms with Gasteiger partial charge in [0, 0.05) is 18.0 Å². The van der Waals surface area contributed by atoms with Crippen molar-refractivity contribution in [2.75, 3.05) is 0 Å². The first-order chi connectivity index (χ1) is 13.0. The normalized spacial score (nSPS) is 11.8. The average Bonchev–Trinajstić information content (AvgIpc) is 2.67. The molecule has 0 aliphatic heterocycles. The molecule has 0 saturated heterocycles. The first kappa shape index (κ1) is 18.8. The van der Waals surface area contributed by atoms with Gasteiger partial charge in [-0.2, -0.15) is 0 Å². The van der Waals surface area contributed by atoms with Crippen LogP contribution in [-0.2, 0) is 16.1 Å². The Kier molecular flexibility index (Phi) is 6.02. The highest BCUT2D eigenvalue weighted by Crippen LogP contribution is 2.29. The number of aromatic nitrogens is 1. The van der Waals surface area contributed by atoms with Gasteiger partial charge in [-0.3, -0.25) is 9.78 Å². The van der Waals surface area contributed by atoms with Crippen LogP contribution < -0.4 is 0 Å². The molecular formula is C24H25NO2. The molecule has 1 heterocycles. The molecule has 27 heavy (non-hydrogen) atoms. The topological polar surface area (TPSA) is 39.2 Å². The minimum Gasteiger partial charge on any atom is -0.461 e. The number of benzene rings is 2. The second kappa shape index (κ2) is 8.63. The fraction of sp³-hybridized carbons (Fsp3) is 0.250. The lowest BCUT2D eigenvalue weighted by molar-refractivity contribution is -0.145. The molecule has 2 aromatic carbocycles. The van der Waals surface area contributed by atoms with E-state index < -0.39 is 0 Å². The molecule has 0 fully saturated rings. The van der Waals surface area contributed by atoms with Gasteiger partial charge in [-0.25, -0.2) is 0 Å². The molecule has 138 valence electrons. The highest BCUT2D eigenvalue weighted by Gasteiger charge is 2.15. The standard InChI is InChI=1S/C24H25NO2/c1-17-8-7-9-18(2)24(17)22-13-21(14-25-15-22)19(3)12-23(26)27-16-20-10-5-4-6-11-20/h4-11,13-15,19H,12,16H2,1-3H3/t19-/m0/s1. The van der Waals surface area contributed by atoms with Gasteiger partial charge >= 0.3 is 5.97 Å². The molecule has 0 amide bonds. The zero-order valence-electron chi connectivity index (χ0n) is 16.1. The maximum atomic E-state index is 12.2. The number of hydrogen-bond acceptors (Lipinski definition) is 3. The molecular weight excluding hydrogens is 334 g/mol. The molecule has 0 spiro atoms. The Morgan fingerprint density at radius 1 is 1.00 bits per heavy atom. The Hall–Kier alpha value is -2.94. The maximum Gasteiger partial charge on any atom is 0.306 e. The second-order valence-corrected chi connectivity index (χ2v) is 7.03. The average molecular weight is 359 g/mol. The first-order valence-electron chi connectivity index (χ1n) is 9.25. The van der Waals surface area contributed by atoms with Crippen molar-refractivity contribution >= 4 is 5.97 Å². The van der Waals surface area contributed by atoms with Gasteiger partial charge in [0.25, 0.3) is 0 Å². The highest BCUT2D eigenvalue weighted by atomic mass is 16.5. The minimum absolute atomic E-state index is 0.0463. The van der Waals surface area contributed by atoms with E-state index in [4.69, 9.17) is 4.74 Å². The molecule has 0 aliphatic carbocycles. The van der Waals surface area contributed by atoms with Crippen LogP contribution in [-0.4, -0.2) is 11.0 Å². The predicted octanol–water partition coefficient (Wildman–Crippen LogP) is 5.60. The molecule has 1 aromatic heterocycles. The lowest BCUT2D eigenvalue weighted by atomic mass is 9.93. The van der Waals surface area contributed by atoms with E-state index >= 15 is 0 Å². The highest BCUT2D eigenvalue weighted by molar-refractivity contribution is 5.72. The Morgan fingerprint density at radius 3 is 2.41 bits per heavy atom. The quantitative estimate of drug-likeness (QED) is 0.538. The van der Waals surface area contributed by atoms with Crippen molar-refractivity contribution in [3.05, 3.63) is 89.2 Å². The predicted molar refractivity (Wildman–Crippen MR) is 108 cm³/mol. The fourth-order valence-electron chi connectivity index (χ4n) is 3.30. The summed E-state index contributed by atoms with van der Waals surface area (Å²) in [6.45, 7) is 6.57. The summed E-state index contributed by atoms with van der Waals surface area (Å²) in [5, 5.41) is 0. The second-order valence-electron chi connectivity index (χ2n) is 7.03. The number of hydrogen-bond donors (Lipinski definition) is 0. The van der Waals surface area contributed by atoms with Crippen LogP contribution in [0.2, 0.25) is 0 Å². The lowest BCUT2D eigenvalue weighted by Gasteiger charge is -2.14. The molecule has 0 bridgehead atoms. The molecule has 0 N–H and O–H groups in total. The van der Waals surface area contributed by atoms with E-state index in [9.17, 15) is 4.79 Å². The zero-order valence-corrected chi connectivity index (χ0v) is 16.1. The number of aryl methyl sites for hydroxylation is 2. The van der Waals surface area contributed by atoms with Crippen molar-refractivity contribution in [2.45, 2.75) is 39.7 Å². The molecule has 0 unspecified atom stereocenters. The van der Waals surface area contributed by atoms with E-state index in [1.165, 1.54) is 16.7 Å². The molecule has 3 aromatic rings. The zero-order chi connectivity index (χ0) is 19.2. The summed E-state index contributed by atoms with van der Waals surface area (Å²) >= 11 is 0. The number of esters is 1. The van der Waals surface area contributed by atoms with Gasteiger partial charge in [0.15, 0.2) is 0 Å². The summed E-state index contributed by atoms with van der Waals surface area (Å²) < 4.78 is 5.41. The summed E-state index contributed by atoms with van der Waals surface area (Å²) in [7, 11) is 0. The van der Waals surface area contributed by atoms with E-state index in [0.717, 1.165) is 16.7 Å². The largest absolute Gasteiger partial charge is 0.461 e. The van der Waals surface area contributed by atoms with Crippen LogP contribution >= 0.6 is 0 Å². The monoisotopic (exact) mass is 359 g/mol. The van der Waals surface area contributed by atoms with Gasteiger partial charge in [0.1, 0.15) is 6.61 Å². The van der Waals surface area contributed by atoms with Gasteiger partial charge < -0.3 is 4.74 Å². The number of rotatable bonds is 6. The summed E-state index contributed by atoms with van der Waals surface area (Å²) in [6.07, 6.45) is 4.07. The summed E-state index contributed by atoms with van der Waals surface area (Å²) in [4.78, 5) is 16.6. The molecule has 1 atom stereocenters. The van der Waals surface area contributed by atoms with Crippen LogP contribution in [0, 0.1) is 13.8 Å². The molecule has 0 aliphatic rings. The Labute approximate surface area is 161 Å². The van der Waals surface area contributed by atoms with E-state index in [0.29, 0.717) is 13.0 Å². The fourth-order valence-corrected chi connectivity index (χ4v) is 3.30. The molecule has 0 saturated carbocycles. The van der Waals surface area contributed by atoms with Crippen molar-refractivity contribution in [2.24, 2.45) is 0 Å². The third-order valence-corrected chi connectivity index (χ3v) is 4.81. The van der Waals surface area contributed by atoms with Gasteiger partial charge in [-0.15, -0.1) is 0 Å². The number of carbonyl (C=O) groups excluding carboxylic acids is 1. The number of pyridine rings is 1. The van der Waals surface area contributed by atoms with Gasteiger partial charge in [-0.05, 0) is 53.6 Å². The Morgan fingerprint density at radius 2 is 1.70 bits per heavy atom. The molecule has 3 nitrogen and oxygen atoms in total. The van der Waals surface area contributed by atoms with Crippen LogP contribution in [0.25, 0.3) is 11.1 Å². The van der Waals surface area contributed by atoms with Crippen LogP contribution in [0.1, 0.15) is 41.5 Å². The number of nitrogens with zero attached hydrogens (tertiary/aromatic N) is 1. The summed E-state index contributed by atoms with van der Waals surface area (Å²) in [6, 6.07) is 18.2. The maximum absolute atomic E-state index is 12.2. The van der Waals surface area contributed by atoms with Gasteiger partial charge in [-0.1, -0.05) is 55.5 Å². The van der Waals surface area contributed by atoms with E-state index in [-0.39, 0.29) is 11.9 Å². The Balaban J connectivity index is 1.68. The van der Waals surface area contributed by atoms with Crippen molar-refractivity contribution in [3.63, 3.8) is 0 Å². The van der Waals surface area contributed by atoms with E-state index in [2.05, 4.69) is 43.1 Å². The van der Waals surface area contributed by atoms with Crippen LogP contribution in [0.15, 0.2) is 67.0 Å². The van der Waals surface area contributed by atoms with Crippen molar-refractivity contribution < 1.29 is 9.53 Å². The van der Waals surface area contributed by atoms with Crippen LogP contribution in [0.4, 0.5) is 0 Å². The van der Waals surface area contributed by atoms with E-state index in [1.807, 2.05) is 49.6 Å². The summed E-state index contributed by atoms with van der Waals surface area (Å²) in [5.41, 5.74) is 6.80. The molecule has 3 rings (SSSR count). The lowest BCUT2D eigenvalue weighted by Crippen LogP contribution is -2.09. The van der Waals surface area contributed by atoms with Crippen LogP contribution in [0.5, 0.6) is 0 Å². The number of ether oxygens (including phenoxy) is 1. The van der Waals surface area contributed by atoms with Gasteiger partial charge in [0.05, 0.1) is 6.42 Å². The smallest absolute Gasteiger partial charge is 0.306 e. The van der Waals surface area contributed by atoms with Crippen LogP contribution in [0.3, 0.4) is 0 Å². The number of carbonyl (C=O) groups is 1. The van der Waals surface area contributed by atoms with E-state index in [1.54, 1.807) is 0 Å². The molecule has 3 heteroatoms. The SMILES string of the molecule is Cc1cccc(C)c1-c1cncc([C@@H](C)CC(=O)OCc2ccccc2)c1. The third kappa shape index (κ3) is 4.82. The van der Waals surface area contributed by atoms with Crippen molar-refractivity contribution in [1.29, 1.82) is 0 Å². The van der Waals surface area contributed by atoms with Crippen molar-refractivity contribution in [1.82, 2.24) is 4.98 Å². The van der Waals surface area contributed by atoms with Crippen molar-refractivity contribution in [3.8, 4) is 11.1 Å².